The number of nitrogens with one attached hydrogen (secondary N) is 1. The largest absolute Gasteiger partial charge is 0.457 e. The average molecular weight is 410 g/mol. The lowest BCUT2D eigenvalue weighted by molar-refractivity contribution is 0.0675. The number of hydrogen-bond acceptors (Lipinski definition) is 4. The lowest BCUT2D eigenvalue weighted by Gasteiger charge is -2.35. The number of fused-ring (bicyclic) bond motifs is 2. The fraction of sp³-hybridized carbons (Fsp3) is 0.400. The van der Waals surface area contributed by atoms with Crippen LogP contribution in [-0.4, -0.2) is 41.0 Å². The van der Waals surface area contributed by atoms with Gasteiger partial charge in [-0.2, -0.15) is 0 Å². The fourth-order valence-corrected chi connectivity index (χ4v) is 3.91. The summed E-state index contributed by atoms with van der Waals surface area (Å²) in [4.78, 5) is 19.0. The number of benzene rings is 1. The van der Waals surface area contributed by atoms with E-state index in [-0.39, 0.29) is 36.8 Å². The Bertz CT molecular complexity index is 748. The number of para-hydroxylation sites is 1. The Hall–Kier alpha value is -1.82. The van der Waals surface area contributed by atoms with E-state index in [9.17, 15) is 4.79 Å². The molecule has 7 heteroatoms. The molecule has 0 radical (unpaired) electrons. The molecule has 3 heterocycles. The number of halogens is 2. The molecule has 2 fully saturated rings. The van der Waals surface area contributed by atoms with Crippen molar-refractivity contribution in [3.63, 3.8) is 0 Å². The lowest BCUT2D eigenvalue weighted by Crippen LogP contribution is -2.48. The highest BCUT2D eigenvalue weighted by atomic mass is 35.5. The predicted molar refractivity (Wildman–Crippen MR) is 110 cm³/mol. The summed E-state index contributed by atoms with van der Waals surface area (Å²) in [6.07, 6.45) is 6.13. The Balaban J connectivity index is 0.00000131. The number of pyridine rings is 1. The van der Waals surface area contributed by atoms with Crippen LogP contribution in [0, 0.1) is 0 Å². The molecule has 2 aromatic rings. The van der Waals surface area contributed by atoms with Crippen molar-refractivity contribution in [2.24, 2.45) is 0 Å². The molecule has 2 aliphatic rings. The zero-order valence-electron chi connectivity index (χ0n) is 15.2. The van der Waals surface area contributed by atoms with Gasteiger partial charge in [0.15, 0.2) is 0 Å². The smallest absolute Gasteiger partial charge is 0.272 e. The summed E-state index contributed by atoms with van der Waals surface area (Å²) in [6.45, 7) is 0. The summed E-state index contributed by atoms with van der Waals surface area (Å²) in [7, 11) is 1.89. The molecule has 0 saturated carbocycles. The van der Waals surface area contributed by atoms with Gasteiger partial charge in [0, 0.05) is 37.4 Å². The molecule has 1 aromatic carbocycles. The lowest BCUT2D eigenvalue weighted by atomic mass is 9.98. The highest BCUT2D eigenvalue weighted by Crippen LogP contribution is 2.30. The summed E-state index contributed by atoms with van der Waals surface area (Å²) < 4.78 is 5.82. The molecule has 2 bridgehead atoms. The van der Waals surface area contributed by atoms with Crippen LogP contribution in [0.15, 0.2) is 48.7 Å². The number of carbonyl (C=O) groups excluding carboxylic acids is 1. The average Bonchev–Trinajstić information content (AvgIpc) is 2.99. The van der Waals surface area contributed by atoms with Crippen molar-refractivity contribution in [3.8, 4) is 11.5 Å². The molecule has 27 heavy (non-hydrogen) atoms. The van der Waals surface area contributed by atoms with Crippen LogP contribution < -0.4 is 10.1 Å². The Kier molecular flexibility index (Phi) is 7.48. The summed E-state index contributed by atoms with van der Waals surface area (Å²) in [5.74, 6) is 1.34. The predicted octanol–water partition coefficient (Wildman–Crippen LogP) is 4.07. The first-order valence-electron chi connectivity index (χ1n) is 8.91. The molecule has 5 nitrogen and oxygen atoms in total. The van der Waals surface area contributed by atoms with E-state index in [4.69, 9.17) is 4.74 Å². The topological polar surface area (TPSA) is 54.5 Å². The molecular weight excluding hydrogens is 385 g/mol. The second-order valence-corrected chi connectivity index (χ2v) is 6.97. The standard InChI is InChI=1S/C20H23N3O2.2ClH/c1-23(16-11-14-7-8-15(12-16)22-14)20(24)19-13-18(9-10-21-19)25-17-5-3-2-4-6-17;;/h2-6,9-10,13-16,22H,7-8,11-12H2,1H3;2*1H. The van der Waals surface area contributed by atoms with Crippen molar-refractivity contribution in [2.75, 3.05) is 7.05 Å². The van der Waals surface area contributed by atoms with Gasteiger partial charge in [-0.05, 0) is 43.9 Å². The van der Waals surface area contributed by atoms with Crippen molar-refractivity contribution in [1.82, 2.24) is 15.2 Å². The molecule has 0 aliphatic carbocycles. The first-order chi connectivity index (χ1) is 12.2. The molecule has 146 valence electrons. The molecule has 4 rings (SSSR count). The highest BCUT2D eigenvalue weighted by molar-refractivity contribution is 5.92. The molecule has 1 amide bonds. The maximum atomic E-state index is 12.9. The molecular formula is C20H25Cl2N3O2. The van der Waals surface area contributed by atoms with E-state index >= 15 is 0 Å². The van der Waals surface area contributed by atoms with Crippen LogP contribution in [0.25, 0.3) is 0 Å². The van der Waals surface area contributed by atoms with E-state index in [1.165, 1.54) is 12.8 Å². The molecule has 2 unspecified atom stereocenters. The zero-order valence-corrected chi connectivity index (χ0v) is 16.8. The van der Waals surface area contributed by atoms with E-state index in [2.05, 4.69) is 10.3 Å². The first kappa shape index (κ1) is 21.5. The van der Waals surface area contributed by atoms with Crippen LogP contribution in [0.5, 0.6) is 11.5 Å². The maximum absolute atomic E-state index is 12.9. The molecule has 2 atom stereocenters. The van der Waals surface area contributed by atoms with E-state index in [0.717, 1.165) is 18.6 Å². The first-order valence-corrected chi connectivity index (χ1v) is 8.91. The molecule has 2 saturated heterocycles. The van der Waals surface area contributed by atoms with Gasteiger partial charge in [0.05, 0.1) is 0 Å². The SMILES string of the molecule is CN(C(=O)c1cc(Oc2ccccc2)ccn1)C1CC2CCC(C1)N2.Cl.Cl. The third-order valence-electron chi connectivity index (χ3n) is 5.25. The van der Waals surface area contributed by atoms with Gasteiger partial charge in [0.2, 0.25) is 0 Å². The van der Waals surface area contributed by atoms with E-state index in [1.54, 1.807) is 18.3 Å². The highest BCUT2D eigenvalue weighted by Gasteiger charge is 2.36. The van der Waals surface area contributed by atoms with E-state index in [0.29, 0.717) is 23.5 Å². The maximum Gasteiger partial charge on any atom is 0.272 e. The van der Waals surface area contributed by atoms with Gasteiger partial charge >= 0.3 is 0 Å². The minimum atomic E-state index is -0.0372. The van der Waals surface area contributed by atoms with Crippen molar-refractivity contribution in [2.45, 2.75) is 43.8 Å². The van der Waals surface area contributed by atoms with Crippen molar-refractivity contribution < 1.29 is 9.53 Å². The second-order valence-electron chi connectivity index (χ2n) is 6.97. The zero-order chi connectivity index (χ0) is 17.2. The van der Waals surface area contributed by atoms with E-state index in [1.807, 2.05) is 42.3 Å². The number of ether oxygens (including phenoxy) is 1. The van der Waals surface area contributed by atoms with Gasteiger partial charge in [-0.25, -0.2) is 0 Å². The van der Waals surface area contributed by atoms with Crippen LogP contribution in [-0.2, 0) is 0 Å². The molecule has 2 aliphatic heterocycles. The Morgan fingerprint density at radius 1 is 1.07 bits per heavy atom. The Morgan fingerprint density at radius 3 is 2.41 bits per heavy atom. The van der Waals surface area contributed by atoms with Crippen LogP contribution >= 0.6 is 24.8 Å². The summed E-state index contributed by atoms with van der Waals surface area (Å²) in [5.41, 5.74) is 0.432. The van der Waals surface area contributed by atoms with Gasteiger partial charge < -0.3 is 15.0 Å². The normalized spacial score (nSPS) is 22.9. The Labute approximate surface area is 172 Å². The number of aromatic nitrogens is 1. The Morgan fingerprint density at radius 2 is 1.74 bits per heavy atom. The van der Waals surface area contributed by atoms with Crippen LogP contribution in [0.1, 0.15) is 36.2 Å². The minimum Gasteiger partial charge on any atom is -0.457 e. The van der Waals surface area contributed by atoms with Gasteiger partial charge in [-0.15, -0.1) is 24.8 Å². The van der Waals surface area contributed by atoms with Gasteiger partial charge in [-0.3, -0.25) is 9.78 Å². The van der Waals surface area contributed by atoms with Crippen molar-refractivity contribution in [3.05, 3.63) is 54.4 Å². The van der Waals surface area contributed by atoms with Gasteiger partial charge in [-0.1, -0.05) is 18.2 Å². The van der Waals surface area contributed by atoms with Crippen molar-refractivity contribution in [1.29, 1.82) is 0 Å². The third-order valence-corrected chi connectivity index (χ3v) is 5.25. The fourth-order valence-electron chi connectivity index (χ4n) is 3.91. The van der Waals surface area contributed by atoms with E-state index < -0.39 is 0 Å². The van der Waals surface area contributed by atoms with Gasteiger partial charge in [0.25, 0.3) is 5.91 Å². The number of hydrogen-bond donors (Lipinski definition) is 1. The van der Waals surface area contributed by atoms with Crippen molar-refractivity contribution >= 4 is 30.7 Å². The number of piperidine rings is 1. The summed E-state index contributed by atoms with van der Waals surface area (Å²) in [6, 6.07) is 14.4. The minimum absolute atomic E-state index is 0. The third kappa shape index (κ3) is 4.92. The number of amides is 1. The summed E-state index contributed by atoms with van der Waals surface area (Å²) in [5, 5.41) is 3.62. The molecule has 1 aromatic heterocycles. The van der Waals surface area contributed by atoms with Crippen LogP contribution in [0.2, 0.25) is 0 Å². The quantitative estimate of drug-likeness (QED) is 0.826. The second kappa shape index (κ2) is 9.40. The molecule has 0 spiro atoms. The number of nitrogens with zero attached hydrogens (tertiary/aromatic N) is 2. The van der Waals surface area contributed by atoms with Crippen LogP contribution in [0.3, 0.4) is 0 Å². The number of carbonyl (C=O) groups is 1. The van der Waals surface area contributed by atoms with Gasteiger partial charge in [0.1, 0.15) is 17.2 Å². The monoisotopic (exact) mass is 409 g/mol. The van der Waals surface area contributed by atoms with Crippen LogP contribution in [0.4, 0.5) is 0 Å². The molecule has 1 N–H and O–H groups in total. The summed E-state index contributed by atoms with van der Waals surface area (Å²) >= 11 is 0. The number of rotatable bonds is 4.